The van der Waals surface area contributed by atoms with E-state index in [1.165, 1.54) is 12.0 Å². The van der Waals surface area contributed by atoms with Gasteiger partial charge in [0.1, 0.15) is 5.92 Å². The second kappa shape index (κ2) is 6.08. The summed E-state index contributed by atoms with van der Waals surface area (Å²) in [5, 5.41) is 11.7. The van der Waals surface area contributed by atoms with Crippen molar-refractivity contribution in [2.45, 2.75) is 12.5 Å². The van der Waals surface area contributed by atoms with Crippen LogP contribution in [0.3, 0.4) is 0 Å². The molecule has 8 nitrogen and oxygen atoms in total. The van der Waals surface area contributed by atoms with E-state index in [9.17, 15) is 14.4 Å². The minimum atomic E-state index is -0.985. The summed E-state index contributed by atoms with van der Waals surface area (Å²) in [6.07, 6.45) is 0.559. The zero-order valence-corrected chi connectivity index (χ0v) is 11.2. The van der Waals surface area contributed by atoms with Crippen molar-refractivity contribution in [3.8, 4) is 0 Å². The predicted molar refractivity (Wildman–Crippen MR) is 66.0 cm³/mol. The number of nitrogens with one attached hydrogen (secondary N) is 1. The minimum absolute atomic E-state index is 0.102. The number of amides is 2. The number of esters is 1. The number of aliphatic carboxylic acids is 1. The third kappa shape index (κ3) is 3.01. The monoisotopic (exact) mass is 286 g/mol. The number of likely N-dealkylation sites (tertiary alicyclic amines) is 1. The van der Waals surface area contributed by atoms with Gasteiger partial charge >= 0.3 is 18.0 Å². The highest BCUT2D eigenvalue weighted by Gasteiger charge is 2.37. The Morgan fingerprint density at radius 1 is 1.35 bits per heavy atom. The number of nitrogens with zero attached hydrogens (tertiary/aromatic N) is 1. The van der Waals surface area contributed by atoms with Crippen LogP contribution >= 0.6 is 0 Å². The lowest BCUT2D eigenvalue weighted by Crippen LogP contribution is -2.48. The fourth-order valence-electron chi connectivity index (χ4n) is 2.49. The number of urea groups is 1. The molecule has 0 spiro atoms. The molecule has 2 fully saturated rings. The molecule has 8 heteroatoms. The molecule has 20 heavy (non-hydrogen) atoms. The van der Waals surface area contributed by atoms with E-state index >= 15 is 0 Å². The van der Waals surface area contributed by atoms with Crippen LogP contribution in [0.15, 0.2) is 0 Å². The number of carbonyl (C=O) groups is 3. The molecule has 3 unspecified atom stereocenters. The minimum Gasteiger partial charge on any atom is -0.481 e. The number of carboxylic acids is 1. The average molecular weight is 286 g/mol. The van der Waals surface area contributed by atoms with Crippen molar-refractivity contribution in [1.82, 2.24) is 10.2 Å². The van der Waals surface area contributed by atoms with Crippen molar-refractivity contribution in [2.24, 2.45) is 11.8 Å². The topological polar surface area (TPSA) is 105 Å². The highest BCUT2D eigenvalue weighted by Crippen LogP contribution is 2.19. The van der Waals surface area contributed by atoms with Crippen molar-refractivity contribution >= 4 is 18.0 Å². The SMILES string of the molecule is COC(=O)C1CCN(C(=O)NC2COCC2C(=O)O)C1. The molecule has 0 aromatic heterocycles. The molecule has 2 aliphatic rings. The first-order valence-corrected chi connectivity index (χ1v) is 6.46. The first-order chi connectivity index (χ1) is 9.52. The van der Waals surface area contributed by atoms with Crippen LogP contribution in [0.1, 0.15) is 6.42 Å². The number of ether oxygens (including phenoxy) is 2. The van der Waals surface area contributed by atoms with Gasteiger partial charge in [-0.1, -0.05) is 0 Å². The largest absolute Gasteiger partial charge is 0.481 e. The lowest BCUT2D eigenvalue weighted by molar-refractivity contribution is -0.145. The van der Waals surface area contributed by atoms with Gasteiger partial charge in [0.2, 0.25) is 0 Å². The Labute approximate surface area is 116 Å². The average Bonchev–Trinajstić information content (AvgIpc) is 3.06. The van der Waals surface area contributed by atoms with Crippen molar-refractivity contribution in [3.05, 3.63) is 0 Å². The summed E-state index contributed by atoms with van der Waals surface area (Å²) in [4.78, 5) is 35.9. The summed E-state index contributed by atoms with van der Waals surface area (Å²) < 4.78 is 9.73. The van der Waals surface area contributed by atoms with Gasteiger partial charge in [-0.15, -0.1) is 0 Å². The van der Waals surface area contributed by atoms with Crippen molar-refractivity contribution in [1.29, 1.82) is 0 Å². The van der Waals surface area contributed by atoms with E-state index < -0.39 is 17.9 Å². The molecular formula is C12H18N2O6. The summed E-state index contributed by atoms with van der Waals surface area (Å²) in [5.74, 6) is -2.34. The fourth-order valence-corrected chi connectivity index (χ4v) is 2.49. The van der Waals surface area contributed by atoms with Gasteiger partial charge < -0.3 is 24.8 Å². The zero-order chi connectivity index (χ0) is 14.7. The molecule has 2 heterocycles. The van der Waals surface area contributed by atoms with E-state index in [-0.39, 0.29) is 31.1 Å². The van der Waals surface area contributed by atoms with Crippen LogP contribution in [-0.2, 0) is 19.1 Å². The van der Waals surface area contributed by atoms with Gasteiger partial charge in [0, 0.05) is 13.1 Å². The van der Waals surface area contributed by atoms with Crippen LogP contribution < -0.4 is 5.32 Å². The molecule has 2 N–H and O–H groups in total. The predicted octanol–water partition coefficient (Wildman–Crippen LogP) is -0.709. The Kier molecular flexibility index (Phi) is 4.43. The van der Waals surface area contributed by atoms with Crippen molar-refractivity contribution < 1.29 is 29.0 Å². The molecule has 0 aromatic rings. The van der Waals surface area contributed by atoms with Gasteiger partial charge in [-0.2, -0.15) is 0 Å². The first-order valence-electron chi connectivity index (χ1n) is 6.46. The molecule has 0 radical (unpaired) electrons. The highest BCUT2D eigenvalue weighted by molar-refractivity contribution is 5.79. The number of carboxylic acid groups (broad SMARTS) is 1. The van der Waals surface area contributed by atoms with Crippen LogP contribution in [0.4, 0.5) is 4.79 Å². The number of hydrogen-bond acceptors (Lipinski definition) is 5. The molecule has 2 saturated heterocycles. The summed E-state index contributed by atoms with van der Waals surface area (Å²) in [6.45, 7) is 1.04. The molecule has 3 atom stereocenters. The Morgan fingerprint density at radius 2 is 2.10 bits per heavy atom. The van der Waals surface area contributed by atoms with E-state index in [1.807, 2.05) is 0 Å². The second-order valence-electron chi connectivity index (χ2n) is 4.99. The fraction of sp³-hybridized carbons (Fsp3) is 0.750. The normalized spacial score (nSPS) is 29.2. The van der Waals surface area contributed by atoms with Crippen molar-refractivity contribution in [3.63, 3.8) is 0 Å². The van der Waals surface area contributed by atoms with Crippen molar-refractivity contribution in [2.75, 3.05) is 33.4 Å². The number of methoxy groups -OCH3 is 1. The van der Waals surface area contributed by atoms with Crippen LogP contribution in [0.5, 0.6) is 0 Å². The van der Waals surface area contributed by atoms with Crippen LogP contribution in [0.2, 0.25) is 0 Å². The number of hydrogen-bond donors (Lipinski definition) is 2. The summed E-state index contributed by atoms with van der Waals surface area (Å²) in [5.41, 5.74) is 0. The molecule has 2 amide bonds. The molecule has 112 valence electrons. The van der Waals surface area contributed by atoms with Crippen LogP contribution in [-0.4, -0.2) is 67.4 Å². The third-order valence-electron chi connectivity index (χ3n) is 3.72. The summed E-state index contributed by atoms with van der Waals surface area (Å²) in [6, 6.07) is -0.893. The second-order valence-corrected chi connectivity index (χ2v) is 4.99. The zero-order valence-electron chi connectivity index (χ0n) is 11.2. The molecule has 0 aliphatic carbocycles. The van der Waals surface area contributed by atoms with Crippen LogP contribution in [0, 0.1) is 11.8 Å². The molecule has 0 bridgehead atoms. The maximum atomic E-state index is 12.0. The van der Waals surface area contributed by atoms with E-state index in [2.05, 4.69) is 10.1 Å². The molecule has 0 saturated carbocycles. The quantitative estimate of drug-likeness (QED) is 0.664. The van der Waals surface area contributed by atoms with Gasteiger partial charge in [0.25, 0.3) is 0 Å². The molecule has 0 aromatic carbocycles. The van der Waals surface area contributed by atoms with Gasteiger partial charge in [0.15, 0.2) is 0 Å². The Morgan fingerprint density at radius 3 is 2.75 bits per heavy atom. The van der Waals surface area contributed by atoms with E-state index in [0.29, 0.717) is 19.5 Å². The maximum absolute atomic E-state index is 12.0. The Bertz CT molecular complexity index is 413. The van der Waals surface area contributed by atoms with Gasteiger partial charge in [-0.05, 0) is 6.42 Å². The van der Waals surface area contributed by atoms with E-state index in [0.717, 1.165) is 0 Å². The molecular weight excluding hydrogens is 268 g/mol. The highest BCUT2D eigenvalue weighted by atomic mass is 16.5. The Balaban J connectivity index is 1.87. The van der Waals surface area contributed by atoms with Gasteiger partial charge in [0.05, 0.1) is 32.3 Å². The number of carbonyl (C=O) groups excluding carboxylic acids is 2. The standard InChI is InChI=1S/C12H18N2O6/c1-19-11(17)7-2-3-14(4-7)12(18)13-9-6-20-5-8(9)10(15)16/h7-9H,2-6H2,1H3,(H,13,18)(H,15,16). The van der Waals surface area contributed by atoms with E-state index in [1.54, 1.807) is 0 Å². The Hall–Kier alpha value is -1.83. The number of rotatable bonds is 3. The smallest absolute Gasteiger partial charge is 0.317 e. The summed E-state index contributed by atoms with van der Waals surface area (Å²) >= 11 is 0. The van der Waals surface area contributed by atoms with Gasteiger partial charge in [-0.25, -0.2) is 4.79 Å². The molecule has 2 rings (SSSR count). The summed E-state index contributed by atoms with van der Waals surface area (Å²) in [7, 11) is 1.32. The first kappa shape index (κ1) is 14.6. The lowest BCUT2D eigenvalue weighted by Gasteiger charge is -2.21. The third-order valence-corrected chi connectivity index (χ3v) is 3.72. The van der Waals surface area contributed by atoms with Crippen LogP contribution in [0.25, 0.3) is 0 Å². The lowest BCUT2D eigenvalue weighted by atomic mass is 10.0. The van der Waals surface area contributed by atoms with Gasteiger partial charge in [-0.3, -0.25) is 9.59 Å². The van der Waals surface area contributed by atoms with E-state index in [4.69, 9.17) is 9.84 Å². The maximum Gasteiger partial charge on any atom is 0.317 e. The molecule has 2 aliphatic heterocycles.